The van der Waals surface area contributed by atoms with Gasteiger partial charge in [0.2, 0.25) is 10.0 Å². The molecule has 0 aliphatic carbocycles. The molecule has 0 spiro atoms. The number of hydrogen-bond donors (Lipinski definition) is 2. The summed E-state index contributed by atoms with van der Waals surface area (Å²) in [6.07, 6.45) is 1.57. The van der Waals surface area contributed by atoms with Gasteiger partial charge in [0, 0.05) is 18.7 Å². The van der Waals surface area contributed by atoms with Gasteiger partial charge < -0.3 is 4.74 Å². The molecule has 154 valence electrons. The minimum Gasteiger partial charge on any atom is -0.495 e. The van der Waals surface area contributed by atoms with Gasteiger partial charge in [0.05, 0.1) is 17.7 Å². The number of nitrogens with one attached hydrogen (secondary N) is 2. The van der Waals surface area contributed by atoms with Gasteiger partial charge >= 0.3 is 0 Å². The standard InChI is InChI=1S/C19H20ClN3O5S/c1-28-16-9-8-13(12-17(16)29(26,27)23-10-4-5-11-23)18(24)21-22-19(25)14-6-2-3-7-15(14)20/h2-3,6-9,12H,4-5,10-11H2,1H3,(H,21,24)(H,22,25). The van der Waals surface area contributed by atoms with Crippen LogP contribution in [-0.4, -0.2) is 44.7 Å². The van der Waals surface area contributed by atoms with Crippen molar-refractivity contribution in [1.29, 1.82) is 0 Å². The lowest BCUT2D eigenvalue weighted by atomic mass is 10.2. The molecule has 2 aromatic rings. The van der Waals surface area contributed by atoms with Crippen molar-refractivity contribution in [2.24, 2.45) is 0 Å². The Kier molecular flexibility index (Phi) is 6.41. The monoisotopic (exact) mass is 437 g/mol. The van der Waals surface area contributed by atoms with E-state index in [0.717, 1.165) is 12.8 Å². The van der Waals surface area contributed by atoms with Crippen molar-refractivity contribution >= 4 is 33.4 Å². The van der Waals surface area contributed by atoms with E-state index in [1.165, 1.54) is 35.7 Å². The molecule has 2 N–H and O–H groups in total. The molecule has 1 heterocycles. The van der Waals surface area contributed by atoms with E-state index in [1.807, 2.05) is 0 Å². The minimum absolute atomic E-state index is 0.0584. The van der Waals surface area contributed by atoms with Gasteiger partial charge in [-0.25, -0.2) is 8.42 Å². The molecule has 1 fully saturated rings. The first-order chi connectivity index (χ1) is 13.8. The van der Waals surface area contributed by atoms with Crippen LogP contribution in [0.25, 0.3) is 0 Å². The number of benzene rings is 2. The smallest absolute Gasteiger partial charge is 0.271 e. The van der Waals surface area contributed by atoms with E-state index in [0.29, 0.717) is 13.1 Å². The number of amides is 2. The van der Waals surface area contributed by atoms with E-state index in [4.69, 9.17) is 16.3 Å². The van der Waals surface area contributed by atoms with Gasteiger partial charge in [0.1, 0.15) is 10.6 Å². The lowest BCUT2D eigenvalue weighted by molar-refractivity contribution is 0.0846. The Morgan fingerprint density at radius 2 is 1.69 bits per heavy atom. The maximum absolute atomic E-state index is 12.9. The molecule has 0 saturated carbocycles. The second kappa shape index (κ2) is 8.81. The maximum atomic E-state index is 12.9. The number of carbonyl (C=O) groups excluding carboxylic acids is 2. The van der Waals surface area contributed by atoms with Crippen molar-refractivity contribution in [3.05, 3.63) is 58.6 Å². The topological polar surface area (TPSA) is 105 Å². The van der Waals surface area contributed by atoms with E-state index >= 15 is 0 Å². The third kappa shape index (κ3) is 4.52. The largest absolute Gasteiger partial charge is 0.495 e. The molecule has 0 radical (unpaired) electrons. The SMILES string of the molecule is COc1ccc(C(=O)NNC(=O)c2ccccc2Cl)cc1S(=O)(=O)N1CCCC1. The highest BCUT2D eigenvalue weighted by molar-refractivity contribution is 7.89. The molecule has 0 aromatic heterocycles. The number of carbonyl (C=O) groups is 2. The second-order valence-electron chi connectivity index (χ2n) is 6.36. The second-order valence-corrected chi connectivity index (χ2v) is 8.68. The third-order valence-electron chi connectivity index (χ3n) is 4.52. The lowest BCUT2D eigenvalue weighted by Gasteiger charge is -2.18. The van der Waals surface area contributed by atoms with E-state index in [2.05, 4.69) is 10.9 Å². The first-order valence-corrected chi connectivity index (χ1v) is 10.7. The van der Waals surface area contributed by atoms with Crippen LogP contribution in [0.1, 0.15) is 33.6 Å². The van der Waals surface area contributed by atoms with Gasteiger partial charge in [-0.05, 0) is 43.2 Å². The van der Waals surface area contributed by atoms with Gasteiger partial charge in [-0.3, -0.25) is 20.4 Å². The summed E-state index contributed by atoms with van der Waals surface area (Å²) >= 11 is 5.96. The quantitative estimate of drug-likeness (QED) is 0.698. The fourth-order valence-corrected chi connectivity index (χ4v) is 4.91. The summed E-state index contributed by atoms with van der Waals surface area (Å²) in [6.45, 7) is 0.853. The average Bonchev–Trinajstić information content (AvgIpc) is 3.27. The molecule has 0 atom stereocenters. The van der Waals surface area contributed by atoms with Crippen molar-refractivity contribution in [1.82, 2.24) is 15.2 Å². The van der Waals surface area contributed by atoms with Crippen molar-refractivity contribution in [2.75, 3.05) is 20.2 Å². The summed E-state index contributed by atoms with van der Waals surface area (Å²) in [5.74, 6) is -1.12. The zero-order chi connectivity index (χ0) is 21.0. The predicted molar refractivity (Wildman–Crippen MR) is 107 cm³/mol. The van der Waals surface area contributed by atoms with Crippen LogP contribution < -0.4 is 15.6 Å². The lowest BCUT2D eigenvalue weighted by Crippen LogP contribution is -2.41. The zero-order valence-corrected chi connectivity index (χ0v) is 17.2. The van der Waals surface area contributed by atoms with Crippen LogP contribution in [0.15, 0.2) is 47.4 Å². The molecule has 1 aliphatic rings. The molecular weight excluding hydrogens is 418 g/mol. The zero-order valence-electron chi connectivity index (χ0n) is 15.6. The van der Waals surface area contributed by atoms with Crippen molar-refractivity contribution in [3.63, 3.8) is 0 Å². The molecule has 0 unspecified atom stereocenters. The molecule has 0 bridgehead atoms. The summed E-state index contributed by atoms with van der Waals surface area (Å²) in [4.78, 5) is 24.5. The molecule has 3 rings (SSSR count). The average molecular weight is 438 g/mol. The number of sulfonamides is 1. The molecule has 1 aliphatic heterocycles. The number of hydrogen-bond acceptors (Lipinski definition) is 5. The van der Waals surface area contributed by atoms with Crippen LogP contribution in [0.5, 0.6) is 5.75 Å². The summed E-state index contributed by atoms with van der Waals surface area (Å²) < 4.78 is 32.4. The molecule has 10 heteroatoms. The Morgan fingerprint density at radius 1 is 1.03 bits per heavy atom. The maximum Gasteiger partial charge on any atom is 0.271 e. The van der Waals surface area contributed by atoms with Crippen LogP contribution in [0.3, 0.4) is 0 Å². The highest BCUT2D eigenvalue weighted by Gasteiger charge is 2.30. The number of nitrogens with zero attached hydrogens (tertiary/aromatic N) is 1. The van der Waals surface area contributed by atoms with E-state index < -0.39 is 21.8 Å². The third-order valence-corrected chi connectivity index (χ3v) is 6.77. The number of methoxy groups -OCH3 is 1. The summed E-state index contributed by atoms with van der Waals surface area (Å²) in [5, 5.41) is 0.239. The summed E-state index contributed by atoms with van der Waals surface area (Å²) in [6, 6.07) is 10.4. The number of hydrazine groups is 1. The van der Waals surface area contributed by atoms with Crippen molar-refractivity contribution in [3.8, 4) is 5.75 Å². The Balaban J connectivity index is 1.79. The van der Waals surface area contributed by atoms with Crippen LogP contribution >= 0.6 is 11.6 Å². The Morgan fingerprint density at radius 3 is 2.34 bits per heavy atom. The number of rotatable bonds is 5. The van der Waals surface area contributed by atoms with Crippen LogP contribution in [0.4, 0.5) is 0 Å². The predicted octanol–water partition coefficient (Wildman–Crippen LogP) is 2.21. The van der Waals surface area contributed by atoms with Crippen molar-refractivity contribution in [2.45, 2.75) is 17.7 Å². The van der Waals surface area contributed by atoms with Gasteiger partial charge in [0.15, 0.2) is 0 Å². The van der Waals surface area contributed by atoms with Crippen LogP contribution in [0, 0.1) is 0 Å². The van der Waals surface area contributed by atoms with Gasteiger partial charge in [-0.1, -0.05) is 23.7 Å². The van der Waals surface area contributed by atoms with E-state index in [1.54, 1.807) is 18.2 Å². The normalized spacial score (nSPS) is 14.4. The van der Waals surface area contributed by atoms with E-state index in [9.17, 15) is 18.0 Å². The fraction of sp³-hybridized carbons (Fsp3) is 0.263. The highest BCUT2D eigenvalue weighted by atomic mass is 35.5. The Hall–Kier alpha value is -2.62. The molecule has 29 heavy (non-hydrogen) atoms. The fourth-order valence-electron chi connectivity index (χ4n) is 2.99. The van der Waals surface area contributed by atoms with Crippen molar-refractivity contribution < 1.29 is 22.7 Å². The van der Waals surface area contributed by atoms with Gasteiger partial charge in [0.25, 0.3) is 11.8 Å². The van der Waals surface area contributed by atoms with Crippen LogP contribution in [-0.2, 0) is 10.0 Å². The van der Waals surface area contributed by atoms with Crippen LogP contribution in [0.2, 0.25) is 5.02 Å². The van der Waals surface area contributed by atoms with Gasteiger partial charge in [-0.2, -0.15) is 4.31 Å². The van der Waals surface area contributed by atoms with E-state index in [-0.39, 0.29) is 26.8 Å². The number of halogens is 1. The minimum atomic E-state index is -3.79. The van der Waals surface area contributed by atoms with Gasteiger partial charge in [-0.15, -0.1) is 0 Å². The summed E-state index contributed by atoms with van der Waals surface area (Å²) in [7, 11) is -2.43. The number of ether oxygens (including phenoxy) is 1. The first-order valence-electron chi connectivity index (χ1n) is 8.88. The molecular formula is C19H20ClN3O5S. The molecule has 2 amide bonds. The first kappa shape index (κ1) is 21.1. The summed E-state index contributed by atoms with van der Waals surface area (Å²) in [5.41, 5.74) is 4.78. The highest BCUT2D eigenvalue weighted by Crippen LogP contribution is 2.29. The Labute approximate surface area is 173 Å². The molecule has 2 aromatic carbocycles. The molecule has 8 nitrogen and oxygen atoms in total. The molecule has 1 saturated heterocycles. The Bertz CT molecular complexity index is 1040.